The number of amides is 1. The van der Waals surface area contributed by atoms with E-state index in [0.717, 1.165) is 25.0 Å². The molecule has 2 rings (SSSR count). The first kappa shape index (κ1) is 18.2. The maximum absolute atomic E-state index is 11.9. The zero-order chi connectivity index (χ0) is 17.2. The van der Waals surface area contributed by atoms with Crippen molar-refractivity contribution in [2.75, 3.05) is 26.8 Å². The molecule has 1 saturated heterocycles. The molecule has 0 aromatic heterocycles. The standard InChI is InChI=1S/C17H24N2O5/c1-22-16(20)15(11-18-10-14-8-5-9-23-14)19-17(21)24-12-13-6-3-2-4-7-13/h2-4,6-7,14-15,18H,5,8-12H2,1H3,(H,19,21)/t14-,15+/m1/s1. The monoisotopic (exact) mass is 336 g/mol. The topological polar surface area (TPSA) is 85.9 Å². The number of carbonyl (C=O) groups excluding carboxylic acids is 2. The molecule has 7 heteroatoms. The van der Waals surface area contributed by atoms with E-state index in [1.54, 1.807) is 0 Å². The summed E-state index contributed by atoms with van der Waals surface area (Å²) in [6.07, 6.45) is 1.56. The predicted octanol–water partition coefficient (Wildman–Crippen LogP) is 1.22. The Bertz CT molecular complexity index is 517. The Balaban J connectivity index is 1.74. The van der Waals surface area contributed by atoms with Crippen molar-refractivity contribution in [1.29, 1.82) is 0 Å². The minimum Gasteiger partial charge on any atom is -0.467 e. The summed E-state index contributed by atoms with van der Waals surface area (Å²) in [4.78, 5) is 23.7. The second-order valence-electron chi connectivity index (χ2n) is 5.58. The number of alkyl carbamates (subject to hydrolysis) is 1. The summed E-state index contributed by atoms with van der Waals surface area (Å²) < 4.78 is 15.3. The van der Waals surface area contributed by atoms with Crippen LogP contribution < -0.4 is 10.6 Å². The fourth-order valence-electron chi connectivity index (χ4n) is 2.44. The molecule has 0 aliphatic carbocycles. The highest BCUT2D eigenvalue weighted by Gasteiger charge is 2.23. The van der Waals surface area contributed by atoms with E-state index >= 15 is 0 Å². The van der Waals surface area contributed by atoms with Crippen LogP contribution in [-0.4, -0.2) is 51.0 Å². The molecule has 1 fully saturated rings. The van der Waals surface area contributed by atoms with Gasteiger partial charge in [0.15, 0.2) is 0 Å². The second-order valence-corrected chi connectivity index (χ2v) is 5.58. The van der Waals surface area contributed by atoms with Crippen LogP contribution in [-0.2, 0) is 25.6 Å². The Hall–Kier alpha value is -2.12. The molecule has 0 unspecified atom stereocenters. The lowest BCUT2D eigenvalue weighted by molar-refractivity contribution is -0.142. The number of carbonyl (C=O) groups is 2. The number of ether oxygens (including phenoxy) is 3. The first-order chi connectivity index (χ1) is 11.7. The fraction of sp³-hybridized carbons (Fsp3) is 0.529. The van der Waals surface area contributed by atoms with Crippen molar-refractivity contribution in [3.63, 3.8) is 0 Å². The zero-order valence-electron chi connectivity index (χ0n) is 13.8. The van der Waals surface area contributed by atoms with E-state index in [4.69, 9.17) is 14.2 Å². The minimum atomic E-state index is -0.806. The molecule has 1 aromatic carbocycles. The van der Waals surface area contributed by atoms with Crippen LogP contribution in [0.3, 0.4) is 0 Å². The van der Waals surface area contributed by atoms with Gasteiger partial charge in [-0.1, -0.05) is 30.3 Å². The maximum atomic E-state index is 11.9. The van der Waals surface area contributed by atoms with Crippen molar-refractivity contribution in [3.8, 4) is 0 Å². The lowest BCUT2D eigenvalue weighted by Crippen LogP contribution is -2.49. The number of hydrogen-bond donors (Lipinski definition) is 2. The zero-order valence-corrected chi connectivity index (χ0v) is 13.8. The SMILES string of the molecule is COC(=O)[C@H](CNC[C@H]1CCCO1)NC(=O)OCc1ccccc1. The molecule has 0 spiro atoms. The second kappa shape index (κ2) is 9.89. The van der Waals surface area contributed by atoms with Crippen molar-refractivity contribution in [2.45, 2.75) is 31.6 Å². The number of rotatable bonds is 8. The summed E-state index contributed by atoms with van der Waals surface area (Å²) in [7, 11) is 1.28. The van der Waals surface area contributed by atoms with Gasteiger partial charge in [0.05, 0.1) is 13.2 Å². The smallest absolute Gasteiger partial charge is 0.408 e. The van der Waals surface area contributed by atoms with Crippen LogP contribution in [0.15, 0.2) is 30.3 Å². The van der Waals surface area contributed by atoms with E-state index in [9.17, 15) is 9.59 Å². The predicted molar refractivity (Wildman–Crippen MR) is 87.4 cm³/mol. The summed E-state index contributed by atoms with van der Waals surface area (Å²) in [5, 5.41) is 5.65. The largest absolute Gasteiger partial charge is 0.467 e. The fourth-order valence-corrected chi connectivity index (χ4v) is 2.44. The van der Waals surface area contributed by atoms with Crippen LogP contribution in [0.1, 0.15) is 18.4 Å². The van der Waals surface area contributed by atoms with Gasteiger partial charge < -0.3 is 24.8 Å². The van der Waals surface area contributed by atoms with Crippen LogP contribution >= 0.6 is 0 Å². The van der Waals surface area contributed by atoms with E-state index in [2.05, 4.69) is 10.6 Å². The van der Waals surface area contributed by atoms with Gasteiger partial charge in [-0.05, 0) is 18.4 Å². The highest BCUT2D eigenvalue weighted by molar-refractivity contribution is 5.81. The normalized spacial score (nSPS) is 18.0. The van der Waals surface area contributed by atoms with Crippen LogP contribution in [0.5, 0.6) is 0 Å². The minimum absolute atomic E-state index is 0.143. The van der Waals surface area contributed by atoms with Crippen molar-refractivity contribution in [2.24, 2.45) is 0 Å². The number of hydrogen-bond acceptors (Lipinski definition) is 6. The van der Waals surface area contributed by atoms with Gasteiger partial charge in [0, 0.05) is 19.7 Å². The van der Waals surface area contributed by atoms with Crippen LogP contribution in [0.25, 0.3) is 0 Å². The highest BCUT2D eigenvalue weighted by atomic mass is 16.6. The lowest BCUT2D eigenvalue weighted by Gasteiger charge is -2.18. The quantitative estimate of drug-likeness (QED) is 0.694. The van der Waals surface area contributed by atoms with Gasteiger partial charge >= 0.3 is 12.1 Å². The summed E-state index contributed by atoms with van der Waals surface area (Å²) in [5.74, 6) is -0.522. The average Bonchev–Trinajstić information content (AvgIpc) is 3.12. The third kappa shape index (κ3) is 6.17. The van der Waals surface area contributed by atoms with Crippen LogP contribution in [0, 0.1) is 0 Å². The molecule has 0 bridgehead atoms. The Morgan fingerprint density at radius 3 is 2.79 bits per heavy atom. The van der Waals surface area contributed by atoms with Gasteiger partial charge in [-0.3, -0.25) is 0 Å². The van der Waals surface area contributed by atoms with E-state index in [-0.39, 0.29) is 19.3 Å². The van der Waals surface area contributed by atoms with Crippen molar-refractivity contribution >= 4 is 12.1 Å². The van der Waals surface area contributed by atoms with Crippen LogP contribution in [0.2, 0.25) is 0 Å². The van der Waals surface area contributed by atoms with Gasteiger partial charge in [-0.15, -0.1) is 0 Å². The first-order valence-electron chi connectivity index (χ1n) is 8.06. The molecule has 7 nitrogen and oxygen atoms in total. The van der Waals surface area contributed by atoms with Crippen molar-refractivity contribution in [3.05, 3.63) is 35.9 Å². The summed E-state index contributed by atoms with van der Waals surface area (Å²) >= 11 is 0. The van der Waals surface area contributed by atoms with Gasteiger partial charge in [-0.25, -0.2) is 9.59 Å². The molecule has 1 amide bonds. The highest BCUT2D eigenvalue weighted by Crippen LogP contribution is 2.10. The number of esters is 1. The summed E-state index contributed by atoms with van der Waals surface area (Å²) in [6, 6.07) is 8.52. The molecule has 0 radical (unpaired) electrons. The van der Waals surface area contributed by atoms with Gasteiger partial charge in [0.2, 0.25) is 0 Å². The molecule has 2 N–H and O–H groups in total. The van der Waals surface area contributed by atoms with Crippen LogP contribution in [0.4, 0.5) is 4.79 Å². The molecule has 1 aliphatic rings. The first-order valence-corrected chi connectivity index (χ1v) is 8.06. The van der Waals surface area contributed by atoms with E-state index in [0.29, 0.717) is 6.54 Å². The molecule has 1 heterocycles. The third-order valence-corrected chi connectivity index (χ3v) is 3.73. The Morgan fingerprint density at radius 2 is 2.12 bits per heavy atom. The molecule has 0 saturated carbocycles. The third-order valence-electron chi connectivity index (χ3n) is 3.73. The molecular formula is C17H24N2O5. The van der Waals surface area contributed by atoms with Gasteiger partial charge in [-0.2, -0.15) is 0 Å². The molecule has 24 heavy (non-hydrogen) atoms. The molecule has 2 atom stereocenters. The molecule has 1 aromatic rings. The Morgan fingerprint density at radius 1 is 1.33 bits per heavy atom. The van der Waals surface area contributed by atoms with Crippen molar-refractivity contribution in [1.82, 2.24) is 10.6 Å². The Labute approximate surface area is 141 Å². The van der Waals surface area contributed by atoms with Crippen molar-refractivity contribution < 1.29 is 23.8 Å². The van der Waals surface area contributed by atoms with E-state index < -0.39 is 18.1 Å². The summed E-state index contributed by atoms with van der Waals surface area (Å²) in [6.45, 7) is 1.81. The van der Waals surface area contributed by atoms with Gasteiger partial charge in [0.1, 0.15) is 12.6 Å². The van der Waals surface area contributed by atoms with E-state index in [1.807, 2.05) is 30.3 Å². The van der Waals surface area contributed by atoms with Gasteiger partial charge in [0.25, 0.3) is 0 Å². The Kier molecular flexibility index (Phi) is 7.51. The molecule has 1 aliphatic heterocycles. The average molecular weight is 336 g/mol. The summed E-state index contributed by atoms with van der Waals surface area (Å²) in [5.41, 5.74) is 0.874. The molecule has 132 valence electrons. The number of methoxy groups -OCH3 is 1. The lowest BCUT2D eigenvalue weighted by atomic mass is 10.2. The number of benzene rings is 1. The number of nitrogens with one attached hydrogen (secondary N) is 2. The maximum Gasteiger partial charge on any atom is 0.408 e. The van der Waals surface area contributed by atoms with E-state index in [1.165, 1.54) is 7.11 Å². The molecular weight excluding hydrogens is 312 g/mol.